The third-order valence-electron chi connectivity index (χ3n) is 9.06. The first-order valence-corrected chi connectivity index (χ1v) is 17.7. The molecule has 1 aromatic rings. The average Bonchev–Trinajstić information content (AvgIpc) is 3.62. The highest BCUT2D eigenvalue weighted by Gasteiger charge is 2.55. The van der Waals surface area contributed by atoms with Crippen LogP contribution in [0.15, 0.2) is 17.3 Å². The van der Waals surface area contributed by atoms with Crippen molar-refractivity contribution < 1.29 is 38.3 Å². The van der Waals surface area contributed by atoms with E-state index in [0.29, 0.717) is 37.5 Å². The van der Waals surface area contributed by atoms with Crippen LogP contribution in [0.2, 0.25) is 0 Å². The zero-order valence-electron chi connectivity index (χ0n) is 31.7. The molecule has 50 heavy (non-hydrogen) atoms. The molecule has 4 amide bonds. The lowest BCUT2D eigenvalue weighted by Crippen LogP contribution is -2.59. The largest absolute Gasteiger partial charge is 0.493 e. The van der Waals surface area contributed by atoms with Gasteiger partial charge in [-0.15, -0.1) is 0 Å². The van der Waals surface area contributed by atoms with Crippen LogP contribution in [0.1, 0.15) is 104 Å². The maximum atomic E-state index is 14.5. The Balaban J connectivity index is 1.97. The Kier molecular flexibility index (Phi) is 13.4. The summed E-state index contributed by atoms with van der Waals surface area (Å²) in [6, 6.07) is 0.726. The van der Waals surface area contributed by atoms with E-state index in [9.17, 15) is 24.0 Å². The third kappa shape index (κ3) is 9.75. The molecule has 1 saturated heterocycles. The molecule has 2 aliphatic heterocycles. The molecule has 1 aromatic carbocycles. The number of rotatable bonds is 14. The van der Waals surface area contributed by atoms with Crippen LogP contribution in [0.4, 0.5) is 4.79 Å². The second-order valence-corrected chi connectivity index (χ2v) is 15.1. The van der Waals surface area contributed by atoms with Crippen LogP contribution >= 0.6 is 0 Å². The quantitative estimate of drug-likeness (QED) is 0.242. The van der Waals surface area contributed by atoms with E-state index >= 15 is 0 Å². The molecule has 13 nitrogen and oxygen atoms in total. The van der Waals surface area contributed by atoms with Crippen molar-refractivity contribution in [2.24, 2.45) is 16.5 Å². The van der Waals surface area contributed by atoms with Crippen molar-refractivity contribution in [3.63, 3.8) is 0 Å². The van der Waals surface area contributed by atoms with Crippen LogP contribution in [-0.2, 0) is 28.8 Å². The molecule has 0 aromatic heterocycles. The number of ketones is 1. The topological polar surface area (TPSA) is 165 Å². The number of ether oxygens (including phenoxy) is 2. The number of aryl methyl sites for hydroxylation is 2. The van der Waals surface area contributed by atoms with E-state index in [1.165, 1.54) is 11.9 Å². The predicted octanol–water partition coefficient (Wildman–Crippen LogP) is 4.34. The number of likely N-dealkylation sites (tertiary alicyclic amines) is 1. The highest BCUT2D eigenvalue weighted by Crippen LogP contribution is 2.41. The number of oxime groups is 1. The van der Waals surface area contributed by atoms with Crippen LogP contribution in [0, 0.1) is 25.2 Å². The van der Waals surface area contributed by atoms with Gasteiger partial charge in [-0.3, -0.25) is 19.2 Å². The maximum absolute atomic E-state index is 14.5. The molecule has 0 saturated carbocycles. The molecule has 0 unspecified atom stereocenters. The number of hydrogen-bond acceptors (Lipinski definition) is 9. The molecule has 2 heterocycles. The number of hydrogen-bond donors (Lipinski definition) is 3. The minimum atomic E-state index is -1.08. The molecule has 1 spiro atoms. The van der Waals surface area contributed by atoms with Crippen molar-refractivity contribution in [2.45, 2.75) is 131 Å². The zero-order valence-corrected chi connectivity index (χ0v) is 31.7. The monoisotopic (exact) mass is 699 g/mol. The maximum Gasteiger partial charge on any atom is 0.408 e. The third-order valence-corrected chi connectivity index (χ3v) is 9.06. The van der Waals surface area contributed by atoms with Gasteiger partial charge in [-0.1, -0.05) is 53.1 Å². The van der Waals surface area contributed by atoms with Gasteiger partial charge in [-0.25, -0.2) is 4.79 Å². The smallest absolute Gasteiger partial charge is 0.408 e. The van der Waals surface area contributed by atoms with Crippen molar-refractivity contribution in [1.82, 2.24) is 20.9 Å². The zero-order chi connectivity index (χ0) is 37.6. The minimum absolute atomic E-state index is 0.000804. The molecular weight excluding hydrogens is 642 g/mol. The molecule has 3 rings (SSSR count). The van der Waals surface area contributed by atoms with Crippen molar-refractivity contribution in [3.05, 3.63) is 28.8 Å². The number of amides is 4. The number of carbonyl (C=O) groups excluding carboxylic acids is 5. The Morgan fingerprint density at radius 3 is 2.24 bits per heavy atom. The first-order chi connectivity index (χ1) is 23.4. The fourth-order valence-corrected chi connectivity index (χ4v) is 6.74. The van der Waals surface area contributed by atoms with Gasteiger partial charge in [0.15, 0.2) is 5.60 Å². The summed E-state index contributed by atoms with van der Waals surface area (Å²) < 4.78 is 11.4. The van der Waals surface area contributed by atoms with E-state index in [0.717, 1.165) is 22.4 Å². The summed E-state index contributed by atoms with van der Waals surface area (Å²) >= 11 is 0. The summed E-state index contributed by atoms with van der Waals surface area (Å²) in [7, 11) is 1.35. The Morgan fingerprint density at radius 2 is 1.70 bits per heavy atom. The highest BCUT2D eigenvalue weighted by molar-refractivity contribution is 6.38. The lowest BCUT2D eigenvalue weighted by Gasteiger charge is -2.35. The molecule has 5 atom stereocenters. The molecule has 278 valence electrons. The van der Waals surface area contributed by atoms with E-state index in [1.54, 1.807) is 6.92 Å². The Morgan fingerprint density at radius 1 is 1.06 bits per heavy atom. The number of likely N-dealkylation sites (N-methyl/N-ethyl adjacent to an activating group) is 1. The van der Waals surface area contributed by atoms with Crippen molar-refractivity contribution in [2.75, 3.05) is 20.2 Å². The minimum Gasteiger partial charge on any atom is -0.493 e. The molecule has 13 heteroatoms. The van der Waals surface area contributed by atoms with E-state index in [-0.39, 0.29) is 25.5 Å². The molecule has 0 aliphatic carbocycles. The molecular formula is C37H57N5O8. The predicted molar refractivity (Wildman–Crippen MR) is 190 cm³/mol. The lowest BCUT2D eigenvalue weighted by atomic mass is 9.85. The molecule has 1 fully saturated rings. The van der Waals surface area contributed by atoms with Crippen molar-refractivity contribution >= 4 is 35.3 Å². The summed E-state index contributed by atoms with van der Waals surface area (Å²) in [6.07, 6.45) is 0.696. The van der Waals surface area contributed by atoms with Gasteiger partial charge in [0.05, 0.1) is 24.9 Å². The highest BCUT2D eigenvalue weighted by atomic mass is 16.7. The fraction of sp³-hybridized carbons (Fsp3) is 0.676. The van der Waals surface area contributed by atoms with Crippen LogP contribution in [-0.4, -0.2) is 90.2 Å². The lowest BCUT2D eigenvalue weighted by molar-refractivity contribution is -0.144. The number of carbonyl (C=O) groups is 5. The summed E-state index contributed by atoms with van der Waals surface area (Å²) in [4.78, 5) is 74.3. The number of nitrogens with one attached hydrogen (secondary N) is 3. The number of alkyl carbamates (subject to hydrolysis) is 1. The SMILES string of the molecule is CCC[C@H](NC(=O)[C@@H]1C[C@]2(CC(c3cc(C)c(OCC)c(C)c3)=NO2)CN1C(=O)[C@@H](NC(=O)O[C@H](C)CC(C)C)C(C)(C)C)C(=O)C(=O)NC. The molecule has 0 bridgehead atoms. The van der Waals surface area contributed by atoms with Crippen LogP contribution in [0.5, 0.6) is 5.75 Å². The summed E-state index contributed by atoms with van der Waals surface area (Å²) in [5, 5.41) is 12.3. The van der Waals surface area contributed by atoms with Crippen LogP contribution < -0.4 is 20.7 Å². The number of Topliss-reactive ketones (excluding diaryl/α,β-unsaturated/α-hetero) is 1. The van der Waals surface area contributed by atoms with Crippen LogP contribution in [0.25, 0.3) is 0 Å². The van der Waals surface area contributed by atoms with Crippen molar-refractivity contribution in [3.8, 4) is 5.75 Å². The fourth-order valence-electron chi connectivity index (χ4n) is 6.74. The number of benzene rings is 1. The van der Waals surface area contributed by atoms with Gasteiger partial charge in [0.2, 0.25) is 17.6 Å². The van der Waals surface area contributed by atoms with E-state index in [1.807, 2.05) is 74.4 Å². The summed E-state index contributed by atoms with van der Waals surface area (Å²) in [6.45, 7) is 19.5. The van der Waals surface area contributed by atoms with Crippen LogP contribution in [0.3, 0.4) is 0 Å². The van der Waals surface area contributed by atoms with E-state index in [4.69, 9.17) is 14.3 Å². The first-order valence-electron chi connectivity index (χ1n) is 17.7. The van der Waals surface area contributed by atoms with Gasteiger partial charge in [0, 0.05) is 25.5 Å². The van der Waals surface area contributed by atoms with Gasteiger partial charge in [0.25, 0.3) is 5.91 Å². The van der Waals surface area contributed by atoms with Gasteiger partial charge < -0.3 is 35.2 Å². The second kappa shape index (κ2) is 16.7. The van der Waals surface area contributed by atoms with Crippen molar-refractivity contribution in [1.29, 1.82) is 0 Å². The Hall–Kier alpha value is -4.16. The normalized spacial score (nSPS) is 20.4. The second-order valence-electron chi connectivity index (χ2n) is 15.1. The number of nitrogens with zero attached hydrogens (tertiary/aromatic N) is 2. The van der Waals surface area contributed by atoms with Gasteiger partial charge in [-0.05, 0) is 75.1 Å². The first kappa shape index (κ1) is 40.3. The summed E-state index contributed by atoms with van der Waals surface area (Å²) in [5.74, 6) is -1.58. The molecule has 3 N–H and O–H groups in total. The molecule has 2 aliphatic rings. The summed E-state index contributed by atoms with van der Waals surface area (Å²) in [5.41, 5.74) is 1.58. The van der Waals surface area contributed by atoms with Gasteiger partial charge in [0.1, 0.15) is 23.9 Å². The van der Waals surface area contributed by atoms with E-state index < -0.39 is 58.7 Å². The van der Waals surface area contributed by atoms with E-state index in [2.05, 4.69) is 21.1 Å². The van der Waals surface area contributed by atoms with Gasteiger partial charge in [-0.2, -0.15) is 0 Å². The van der Waals surface area contributed by atoms with Gasteiger partial charge >= 0.3 is 6.09 Å². The average molecular weight is 700 g/mol. The Labute approximate surface area is 296 Å². The molecule has 0 radical (unpaired) electrons. The standard InChI is InChI=1S/C37H57N5O8/c1-12-14-26(29(43)33(45)38-11)39-32(44)28-19-37(18-27(41-50-37)25-16-22(5)30(48-13-2)23(6)17-25)20-42(28)34(46)31(36(8,9)10)40-35(47)49-24(7)15-21(3)4/h16-17,21,24,26,28,31H,12-15,18-20H2,1-11H3,(H,38,45)(H,39,44)(H,40,47)/t24-,26+,28+,31-,37-/m1/s1. The Bertz CT molecular complexity index is 1440.